The molecular weight excluding hydrogens is 397 g/mol. The SMILES string of the molecule is CNc1c(C(C)C)c(Sc2cc(Cl)cc(Cl)c2)n(Cc2ccncc2)c1C. The Hall–Kier alpha value is -1.62. The molecule has 27 heavy (non-hydrogen) atoms. The third kappa shape index (κ3) is 4.45. The molecule has 3 rings (SSSR count). The summed E-state index contributed by atoms with van der Waals surface area (Å²) in [5.74, 6) is 0.377. The lowest BCUT2D eigenvalue weighted by Gasteiger charge is -2.14. The van der Waals surface area contributed by atoms with E-state index in [9.17, 15) is 0 Å². The standard InChI is InChI=1S/C21H23Cl2N3S/c1-13(2)19-20(24-4)14(3)26(12-15-5-7-25-8-6-15)21(19)27-18-10-16(22)9-17(23)11-18/h5-11,13,24H,12H2,1-4H3. The van der Waals surface area contributed by atoms with Crippen molar-refractivity contribution in [3.8, 4) is 0 Å². The molecule has 0 fully saturated rings. The van der Waals surface area contributed by atoms with E-state index in [4.69, 9.17) is 23.2 Å². The number of benzene rings is 1. The number of nitrogens with one attached hydrogen (secondary N) is 1. The Bertz CT molecular complexity index is 916. The quantitative estimate of drug-likeness (QED) is 0.472. The minimum absolute atomic E-state index is 0.377. The first-order valence-corrected chi connectivity index (χ1v) is 10.4. The lowest BCUT2D eigenvalue weighted by Crippen LogP contribution is -2.04. The van der Waals surface area contributed by atoms with Crippen LogP contribution in [0.25, 0.3) is 0 Å². The lowest BCUT2D eigenvalue weighted by molar-refractivity contribution is 0.690. The van der Waals surface area contributed by atoms with E-state index < -0.39 is 0 Å². The highest BCUT2D eigenvalue weighted by Gasteiger charge is 2.23. The van der Waals surface area contributed by atoms with Crippen molar-refractivity contribution < 1.29 is 0 Å². The molecule has 0 saturated carbocycles. The average Bonchev–Trinajstić information content (AvgIpc) is 2.87. The number of hydrogen-bond acceptors (Lipinski definition) is 3. The summed E-state index contributed by atoms with van der Waals surface area (Å²) in [7, 11) is 1.98. The van der Waals surface area contributed by atoms with Crippen LogP contribution in [0.4, 0.5) is 5.69 Å². The molecule has 0 aliphatic rings. The van der Waals surface area contributed by atoms with Gasteiger partial charge in [0.15, 0.2) is 0 Å². The summed E-state index contributed by atoms with van der Waals surface area (Å²) in [5.41, 5.74) is 4.93. The molecule has 0 bridgehead atoms. The van der Waals surface area contributed by atoms with Gasteiger partial charge in [-0.2, -0.15) is 0 Å². The van der Waals surface area contributed by atoms with E-state index >= 15 is 0 Å². The third-order valence-electron chi connectivity index (χ3n) is 4.48. The molecule has 2 heterocycles. The number of aromatic nitrogens is 2. The maximum atomic E-state index is 6.23. The van der Waals surface area contributed by atoms with Crippen LogP contribution in [0.15, 0.2) is 52.6 Å². The third-order valence-corrected chi connectivity index (χ3v) is 6.02. The van der Waals surface area contributed by atoms with Crippen LogP contribution in [0, 0.1) is 6.92 Å². The van der Waals surface area contributed by atoms with Crippen LogP contribution in [0.2, 0.25) is 10.0 Å². The zero-order chi connectivity index (χ0) is 19.6. The molecule has 0 atom stereocenters. The summed E-state index contributed by atoms with van der Waals surface area (Å²) in [6.07, 6.45) is 3.67. The molecule has 1 N–H and O–H groups in total. The first-order chi connectivity index (χ1) is 12.9. The normalized spacial score (nSPS) is 11.2. The Balaban J connectivity index is 2.13. The predicted molar refractivity (Wildman–Crippen MR) is 117 cm³/mol. The highest BCUT2D eigenvalue weighted by Crippen LogP contribution is 2.43. The maximum absolute atomic E-state index is 6.23. The smallest absolute Gasteiger partial charge is 0.0858 e. The van der Waals surface area contributed by atoms with E-state index in [1.54, 1.807) is 17.8 Å². The Morgan fingerprint density at radius 3 is 2.30 bits per heavy atom. The molecule has 0 aliphatic carbocycles. The summed E-state index contributed by atoms with van der Waals surface area (Å²) in [5, 5.41) is 5.91. The van der Waals surface area contributed by atoms with E-state index in [0.717, 1.165) is 11.4 Å². The minimum atomic E-state index is 0.377. The Morgan fingerprint density at radius 1 is 1.11 bits per heavy atom. The molecule has 0 radical (unpaired) electrons. The molecule has 0 unspecified atom stereocenters. The zero-order valence-electron chi connectivity index (χ0n) is 15.9. The number of halogens is 2. The molecule has 3 aromatic rings. The van der Waals surface area contributed by atoms with Gasteiger partial charge in [-0.3, -0.25) is 4.98 Å². The van der Waals surface area contributed by atoms with Gasteiger partial charge in [-0.25, -0.2) is 0 Å². The van der Waals surface area contributed by atoms with Crippen LogP contribution >= 0.6 is 35.0 Å². The van der Waals surface area contributed by atoms with Crippen LogP contribution in [-0.4, -0.2) is 16.6 Å². The number of nitrogens with zero attached hydrogens (tertiary/aromatic N) is 2. The van der Waals surface area contributed by atoms with Crippen LogP contribution in [-0.2, 0) is 6.54 Å². The van der Waals surface area contributed by atoms with Crippen molar-refractivity contribution in [2.24, 2.45) is 0 Å². The zero-order valence-corrected chi connectivity index (χ0v) is 18.2. The van der Waals surface area contributed by atoms with Crippen molar-refractivity contribution in [2.75, 3.05) is 12.4 Å². The van der Waals surface area contributed by atoms with Crippen molar-refractivity contribution in [1.82, 2.24) is 9.55 Å². The molecular formula is C21H23Cl2N3S. The lowest BCUT2D eigenvalue weighted by atomic mass is 10.1. The van der Waals surface area contributed by atoms with Crippen molar-refractivity contribution in [3.05, 3.63) is 69.6 Å². The van der Waals surface area contributed by atoms with Crippen molar-refractivity contribution in [1.29, 1.82) is 0 Å². The first kappa shape index (κ1) is 20.1. The van der Waals surface area contributed by atoms with Gasteiger partial charge >= 0.3 is 0 Å². The van der Waals surface area contributed by atoms with E-state index in [1.807, 2.05) is 31.6 Å². The maximum Gasteiger partial charge on any atom is 0.0858 e. The molecule has 1 aromatic carbocycles. The summed E-state index contributed by atoms with van der Waals surface area (Å²) in [6, 6.07) is 9.79. The summed E-state index contributed by atoms with van der Waals surface area (Å²) >= 11 is 14.2. The van der Waals surface area contributed by atoms with Gasteiger partial charge in [0.05, 0.1) is 10.7 Å². The topological polar surface area (TPSA) is 29.9 Å². The molecule has 6 heteroatoms. The Morgan fingerprint density at radius 2 is 1.74 bits per heavy atom. The number of anilines is 1. The van der Waals surface area contributed by atoms with Gasteiger partial charge in [-0.1, -0.05) is 48.8 Å². The van der Waals surface area contributed by atoms with E-state index in [2.05, 4.69) is 47.8 Å². The largest absolute Gasteiger partial charge is 0.386 e. The second kappa shape index (κ2) is 8.59. The van der Waals surface area contributed by atoms with Gasteiger partial charge in [-0.15, -0.1) is 0 Å². The number of pyridine rings is 1. The Kier molecular flexibility index (Phi) is 6.40. The number of hydrogen-bond donors (Lipinski definition) is 1. The second-order valence-corrected chi connectivity index (χ2v) is 8.67. The minimum Gasteiger partial charge on any atom is -0.386 e. The van der Waals surface area contributed by atoms with Gasteiger partial charge in [-0.05, 0) is 48.7 Å². The molecule has 0 aliphatic heterocycles. The summed E-state index contributed by atoms with van der Waals surface area (Å²) in [4.78, 5) is 5.16. The molecule has 142 valence electrons. The van der Waals surface area contributed by atoms with Crippen LogP contribution in [0.3, 0.4) is 0 Å². The van der Waals surface area contributed by atoms with E-state index in [1.165, 1.54) is 27.5 Å². The molecule has 0 spiro atoms. The van der Waals surface area contributed by atoms with E-state index in [0.29, 0.717) is 16.0 Å². The highest BCUT2D eigenvalue weighted by atomic mass is 35.5. The average molecular weight is 420 g/mol. The number of rotatable bonds is 6. The fourth-order valence-electron chi connectivity index (χ4n) is 3.26. The second-order valence-electron chi connectivity index (χ2n) is 6.73. The highest BCUT2D eigenvalue weighted by molar-refractivity contribution is 7.99. The van der Waals surface area contributed by atoms with Crippen molar-refractivity contribution in [2.45, 2.75) is 43.2 Å². The van der Waals surface area contributed by atoms with Gasteiger partial charge < -0.3 is 9.88 Å². The molecule has 2 aromatic heterocycles. The van der Waals surface area contributed by atoms with E-state index in [-0.39, 0.29) is 0 Å². The molecule has 0 saturated heterocycles. The fraction of sp³-hybridized carbons (Fsp3) is 0.286. The molecule has 3 nitrogen and oxygen atoms in total. The summed E-state index contributed by atoms with van der Waals surface area (Å²) in [6.45, 7) is 7.39. The van der Waals surface area contributed by atoms with Gasteiger partial charge in [0.2, 0.25) is 0 Å². The van der Waals surface area contributed by atoms with Crippen LogP contribution in [0.1, 0.15) is 36.6 Å². The summed E-state index contributed by atoms with van der Waals surface area (Å²) < 4.78 is 2.36. The Labute approximate surface area is 175 Å². The van der Waals surface area contributed by atoms with Crippen molar-refractivity contribution >= 4 is 40.7 Å². The van der Waals surface area contributed by atoms with Gasteiger partial charge in [0.25, 0.3) is 0 Å². The van der Waals surface area contributed by atoms with Crippen LogP contribution < -0.4 is 5.32 Å². The fourth-order valence-corrected chi connectivity index (χ4v) is 5.27. The predicted octanol–water partition coefficient (Wildman–Crippen LogP) is 6.86. The first-order valence-electron chi connectivity index (χ1n) is 8.84. The molecule has 0 amide bonds. The monoisotopic (exact) mass is 419 g/mol. The van der Waals surface area contributed by atoms with Crippen molar-refractivity contribution in [3.63, 3.8) is 0 Å². The van der Waals surface area contributed by atoms with Gasteiger partial charge in [0, 0.05) is 52.2 Å². The van der Waals surface area contributed by atoms with Gasteiger partial charge in [0.1, 0.15) is 0 Å². The van der Waals surface area contributed by atoms with Crippen LogP contribution in [0.5, 0.6) is 0 Å².